The molecular weight excluding hydrogens is 814 g/mol. The minimum absolute atomic E-state index is 0.0163. The second-order valence-electron chi connectivity index (χ2n) is 13.3. The number of methoxy groups -OCH3 is 2. The molecule has 0 fully saturated rings. The molecule has 0 bridgehead atoms. The van der Waals surface area contributed by atoms with E-state index in [0.717, 1.165) is 17.1 Å². The number of carbonyl (C=O) groups is 4. The van der Waals surface area contributed by atoms with E-state index >= 15 is 0 Å². The topological polar surface area (TPSA) is 204 Å². The maximum atomic E-state index is 12.9. The van der Waals surface area contributed by atoms with Gasteiger partial charge >= 0.3 is 12.6 Å². The monoisotopic (exact) mass is 866 g/mol. The smallest absolute Gasteiger partial charge is 0.325 e. The predicted molar refractivity (Wildman–Crippen MR) is 239 cm³/mol. The van der Waals surface area contributed by atoms with E-state index in [2.05, 4.69) is 41.5 Å². The number of thiazole rings is 2. The van der Waals surface area contributed by atoms with Crippen LogP contribution in [0.1, 0.15) is 62.5 Å². The highest BCUT2D eigenvalue weighted by molar-refractivity contribution is 7.59. The minimum Gasteiger partial charge on any atom is -0.497 e. The lowest BCUT2D eigenvalue weighted by Gasteiger charge is -2.17. The van der Waals surface area contributed by atoms with Crippen LogP contribution in [0.3, 0.4) is 0 Å². The van der Waals surface area contributed by atoms with E-state index in [4.69, 9.17) is 19.6 Å². The van der Waals surface area contributed by atoms with Crippen molar-refractivity contribution in [2.75, 3.05) is 37.5 Å². The van der Waals surface area contributed by atoms with Gasteiger partial charge in [-0.1, -0.05) is 34.5 Å². The van der Waals surface area contributed by atoms with Gasteiger partial charge in [-0.05, 0) is 38.1 Å². The van der Waals surface area contributed by atoms with Gasteiger partial charge in [0.1, 0.15) is 36.0 Å². The third-order valence-electron chi connectivity index (χ3n) is 8.03. The van der Waals surface area contributed by atoms with Crippen LogP contribution < -0.4 is 19.7 Å². The fraction of sp³-hybridized carbons (Fsp3) is 0.385. The Hall–Kier alpha value is -5.23. The zero-order valence-corrected chi connectivity index (χ0v) is 37.5. The van der Waals surface area contributed by atoms with Gasteiger partial charge in [0.2, 0.25) is 0 Å². The van der Waals surface area contributed by atoms with Crippen molar-refractivity contribution >= 4 is 93.9 Å². The van der Waals surface area contributed by atoms with Crippen molar-refractivity contribution in [1.82, 2.24) is 29.5 Å². The Morgan fingerprint density at radius 2 is 1.31 bits per heavy atom. The molecule has 0 radical (unpaired) electrons. The summed E-state index contributed by atoms with van der Waals surface area (Å²) >= 11 is 3.03. The molecule has 0 aliphatic carbocycles. The number of carbonyl (C=O) groups excluding carboxylic acids is 3. The van der Waals surface area contributed by atoms with Crippen molar-refractivity contribution in [3.8, 4) is 11.5 Å². The number of aromatic nitrogens is 6. The molecule has 59 heavy (non-hydrogen) atoms. The Bertz CT molecular complexity index is 2280. The van der Waals surface area contributed by atoms with Crippen LogP contribution in [0, 0.1) is 11.8 Å². The van der Waals surface area contributed by atoms with Crippen LogP contribution in [0.25, 0.3) is 21.8 Å². The van der Waals surface area contributed by atoms with Crippen molar-refractivity contribution in [1.29, 1.82) is 0 Å². The van der Waals surface area contributed by atoms with Gasteiger partial charge in [-0.15, -0.1) is 31.8 Å². The summed E-state index contributed by atoms with van der Waals surface area (Å²) in [5, 5.41) is 35.5. The summed E-state index contributed by atoms with van der Waals surface area (Å²) in [6, 6.07) is 10.5. The molecule has 0 aliphatic heterocycles. The molecule has 16 nitrogen and oxygen atoms in total. The summed E-state index contributed by atoms with van der Waals surface area (Å²) in [5.41, 5.74) is 1.96. The lowest BCUT2D eigenvalue weighted by atomic mass is 10.0. The van der Waals surface area contributed by atoms with E-state index in [0.29, 0.717) is 51.0 Å². The standard InChI is InChI=1S/C19H22N4O3S.C14H16N2O4.C5H8N2S.CH6BOP/c1-5-22(19-20-8-9-27-19)16(24)11-23-15-10-13(26-4)6-7-14(15)17(21-23)18(25)12(2)3;1-8(2)14(19)13-10-5-4-9(20-3)6-11(10)16(15-13)7-12(17)18;1-2-6-5-7-3-4-8-5;1-2(3)4/h6-10,12H,5,11H2,1-4H3;4-6,8H,7H2,1-3H3,(H,17,18);3-4H,2H2,1H3,(H,6,7);3H,4H2,1H3. The molecule has 316 valence electrons. The van der Waals surface area contributed by atoms with Gasteiger partial charge in [-0.25, -0.2) is 9.97 Å². The average Bonchev–Trinajstić information content (AvgIpc) is 4.03. The molecule has 1 unspecified atom stereocenters. The number of ketones is 2. The number of rotatable bonds is 14. The number of aliphatic carboxylic acids is 1. The van der Waals surface area contributed by atoms with E-state index in [9.17, 15) is 19.2 Å². The van der Waals surface area contributed by atoms with Crippen molar-refractivity contribution in [2.24, 2.45) is 11.8 Å². The highest BCUT2D eigenvalue weighted by atomic mass is 32.1. The predicted octanol–water partition coefficient (Wildman–Crippen LogP) is 6.91. The van der Waals surface area contributed by atoms with Crippen LogP contribution in [0.5, 0.6) is 11.5 Å². The number of nitrogens with zero attached hydrogens (tertiary/aromatic N) is 7. The number of hydrogen-bond acceptors (Lipinski definition) is 14. The number of nitrogens with one attached hydrogen (secondary N) is 1. The SMILES string of the molecule is CB(O)P.CCN(C(=O)Cn1nc(C(=O)C(C)C)c2ccc(OC)cc21)c1nccs1.CCNc1nccs1.COc1ccc2c(C(=O)C(C)C)nn(CC(=O)O)c2c1. The Balaban J connectivity index is 0.000000253. The first-order valence-corrected chi connectivity index (χ1v) is 21.1. The molecule has 0 spiro atoms. The molecule has 1 atom stereocenters. The first-order chi connectivity index (χ1) is 28.1. The molecule has 4 heterocycles. The van der Waals surface area contributed by atoms with Crippen LogP contribution in [-0.4, -0.2) is 97.0 Å². The summed E-state index contributed by atoms with van der Waals surface area (Å²) in [6.45, 7) is 13.8. The number of hydrogen-bond donors (Lipinski definition) is 3. The molecule has 0 saturated heterocycles. The summed E-state index contributed by atoms with van der Waals surface area (Å²) < 4.78 is 13.3. The number of ether oxygens (including phenoxy) is 2. The summed E-state index contributed by atoms with van der Waals surface area (Å²) in [6.07, 6.45) is 3.46. The van der Waals surface area contributed by atoms with Gasteiger partial charge in [0.15, 0.2) is 21.8 Å². The third-order valence-corrected chi connectivity index (χ3v) is 9.56. The number of benzene rings is 2. The molecule has 0 aliphatic rings. The van der Waals surface area contributed by atoms with Crippen LogP contribution in [0.4, 0.5) is 10.3 Å². The average molecular weight is 867 g/mol. The number of amides is 1. The van der Waals surface area contributed by atoms with Gasteiger partial charge in [0.05, 0.1) is 25.3 Å². The first kappa shape index (κ1) is 48.1. The van der Waals surface area contributed by atoms with E-state index in [1.807, 2.05) is 37.6 Å². The van der Waals surface area contributed by atoms with Gasteiger partial charge in [0, 0.05) is 71.0 Å². The number of anilines is 2. The molecule has 2 aromatic carbocycles. The summed E-state index contributed by atoms with van der Waals surface area (Å²) in [4.78, 5) is 58.4. The van der Waals surface area contributed by atoms with Gasteiger partial charge in [-0.3, -0.25) is 33.4 Å². The zero-order chi connectivity index (χ0) is 43.8. The lowest BCUT2D eigenvalue weighted by Crippen LogP contribution is -2.33. The van der Waals surface area contributed by atoms with E-state index in [-0.39, 0.29) is 49.0 Å². The van der Waals surface area contributed by atoms with E-state index < -0.39 is 5.97 Å². The fourth-order valence-corrected chi connectivity index (χ4v) is 6.61. The van der Waals surface area contributed by atoms with Crippen molar-refractivity contribution in [3.63, 3.8) is 0 Å². The fourth-order valence-electron chi connectivity index (χ4n) is 5.28. The number of Topliss-reactive ketones (excluding diaryl/α,β-unsaturated/α-hetero) is 2. The minimum atomic E-state index is -1.01. The van der Waals surface area contributed by atoms with Crippen LogP contribution in [0.15, 0.2) is 59.6 Å². The number of carboxylic acids is 1. The maximum absolute atomic E-state index is 12.9. The molecule has 3 N–H and O–H groups in total. The van der Waals surface area contributed by atoms with Crippen LogP contribution in [-0.2, 0) is 22.7 Å². The summed E-state index contributed by atoms with van der Waals surface area (Å²) in [7, 11) is 5.32. The van der Waals surface area contributed by atoms with E-state index in [1.165, 1.54) is 23.1 Å². The lowest BCUT2D eigenvalue weighted by molar-refractivity contribution is -0.137. The van der Waals surface area contributed by atoms with Gasteiger partial charge in [-0.2, -0.15) is 10.2 Å². The largest absolute Gasteiger partial charge is 0.497 e. The molecule has 4 aromatic heterocycles. The molecule has 6 rings (SSSR count). The number of fused-ring (bicyclic) bond motifs is 2. The molecular formula is C39H52BN8O8PS2. The Labute approximate surface area is 354 Å². The molecule has 1 amide bonds. The molecule has 0 saturated carbocycles. The second kappa shape index (κ2) is 23.4. The van der Waals surface area contributed by atoms with Gasteiger partial charge < -0.3 is 24.9 Å². The highest BCUT2D eigenvalue weighted by Crippen LogP contribution is 2.27. The van der Waals surface area contributed by atoms with Gasteiger partial charge in [0.25, 0.3) is 5.91 Å². The van der Waals surface area contributed by atoms with Crippen LogP contribution in [0.2, 0.25) is 6.82 Å². The Morgan fingerprint density at radius 1 is 0.831 bits per heavy atom. The van der Waals surface area contributed by atoms with Crippen molar-refractivity contribution in [2.45, 2.75) is 61.5 Å². The summed E-state index contributed by atoms with van der Waals surface area (Å²) in [5.74, 6) is -0.457. The highest BCUT2D eigenvalue weighted by Gasteiger charge is 2.24. The second-order valence-corrected chi connectivity index (χ2v) is 16.0. The first-order valence-electron chi connectivity index (χ1n) is 18.7. The zero-order valence-electron chi connectivity index (χ0n) is 34.7. The van der Waals surface area contributed by atoms with Crippen molar-refractivity contribution in [3.05, 3.63) is 70.9 Å². The molecule has 6 aromatic rings. The van der Waals surface area contributed by atoms with Crippen molar-refractivity contribution < 1.29 is 38.8 Å². The quantitative estimate of drug-likeness (QED) is 0.0580. The number of carboxylic acid groups (broad SMARTS) is 1. The Kier molecular flexibility index (Phi) is 19.1. The van der Waals surface area contributed by atoms with Crippen LogP contribution >= 0.6 is 31.8 Å². The number of likely N-dealkylation sites (N-methyl/N-ethyl adjacent to an activating group) is 1. The molecule has 20 heteroatoms. The van der Waals surface area contributed by atoms with E-state index in [1.54, 1.807) is 91.4 Å². The third kappa shape index (κ3) is 13.7. The maximum Gasteiger partial charge on any atom is 0.325 e. The normalized spacial score (nSPS) is 10.5. The Morgan fingerprint density at radius 3 is 1.68 bits per heavy atom.